The molecule has 49 heavy (non-hydrogen) atoms. The lowest BCUT2D eigenvalue weighted by Gasteiger charge is -2.18. The Kier molecular flexibility index (Phi) is 25.3. The number of ether oxygens (including phenoxy) is 2. The molecular formula is C38H65O10P. The number of rotatable bonds is 30. The number of hydrogen-bond acceptors (Lipinski definition) is 8. The molecule has 0 saturated carbocycles. The molecule has 11 heteroatoms. The minimum absolute atomic E-state index is 0.0180. The first-order valence-corrected chi connectivity index (χ1v) is 20.2. The third-order valence-corrected chi connectivity index (χ3v) is 9.07. The Balaban J connectivity index is 2.32. The molecule has 3 N–H and O–H groups in total. The van der Waals surface area contributed by atoms with Gasteiger partial charge in [-0.15, -0.1) is 0 Å². The van der Waals surface area contributed by atoms with Gasteiger partial charge in [-0.1, -0.05) is 128 Å². The molecule has 1 aliphatic rings. The Labute approximate surface area is 295 Å². The van der Waals surface area contributed by atoms with Crippen LogP contribution in [0.25, 0.3) is 0 Å². The predicted octanol–water partition coefficient (Wildman–Crippen LogP) is 8.48. The van der Waals surface area contributed by atoms with Gasteiger partial charge >= 0.3 is 19.8 Å². The van der Waals surface area contributed by atoms with Crippen LogP contribution in [0.5, 0.6) is 0 Å². The molecule has 1 aliphatic carbocycles. The van der Waals surface area contributed by atoms with E-state index >= 15 is 0 Å². The van der Waals surface area contributed by atoms with Gasteiger partial charge in [-0.25, -0.2) is 4.57 Å². The first kappa shape index (κ1) is 44.9. The maximum atomic E-state index is 12.4. The molecule has 0 unspecified atom stereocenters. The van der Waals surface area contributed by atoms with E-state index in [1.807, 2.05) is 24.3 Å². The second-order valence-electron chi connectivity index (χ2n) is 13.7. The van der Waals surface area contributed by atoms with Gasteiger partial charge in [0, 0.05) is 18.8 Å². The van der Waals surface area contributed by atoms with Gasteiger partial charge in [0.25, 0.3) is 0 Å². The zero-order valence-corrected chi connectivity index (χ0v) is 31.2. The van der Waals surface area contributed by atoms with E-state index < -0.39 is 38.6 Å². The van der Waals surface area contributed by atoms with Gasteiger partial charge in [0.2, 0.25) is 0 Å². The molecule has 282 valence electrons. The topological polar surface area (TPSA) is 157 Å². The molecule has 1 rings (SSSR count). The summed E-state index contributed by atoms with van der Waals surface area (Å²) in [6.07, 6.45) is 26.5. The van der Waals surface area contributed by atoms with Crippen molar-refractivity contribution in [2.75, 3.05) is 13.2 Å². The standard InChI is InChI=1S/C38H65O10P/c1-4-5-15-22-33(39)26-27-35-32(25-28-36(35)40)21-17-13-14-19-24-38(42)48-34(30-47-49(43,44)45)29-46-37(41)23-18-12-10-8-6-7-9-11-16-20-31(2)3/h13,17,25-28,31-35,39H,4-12,14-16,18-24,29-30H2,1-3H3,(H2,43,44,45)/b17-13-,27-26+/t32-,33-,34+,35+/m0/s1. The van der Waals surface area contributed by atoms with Crippen molar-refractivity contribution in [3.63, 3.8) is 0 Å². The number of allylic oxidation sites excluding steroid dienone is 5. The van der Waals surface area contributed by atoms with Crippen molar-refractivity contribution in [1.29, 1.82) is 0 Å². The number of aliphatic hydroxyl groups is 1. The fourth-order valence-corrected chi connectivity index (χ4v) is 6.03. The number of hydrogen-bond donors (Lipinski definition) is 3. The fourth-order valence-electron chi connectivity index (χ4n) is 5.66. The van der Waals surface area contributed by atoms with Crippen LogP contribution in [0.2, 0.25) is 0 Å². The summed E-state index contributed by atoms with van der Waals surface area (Å²) in [5.41, 5.74) is 0. The second kappa shape index (κ2) is 27.6. The molecule has 0 aromatic carbocycles. The van der Waals surface area contributed by atoms with Crippen molar-refractivity contribution >= 4 is 25.5 Å². The third kappa shape index (κ3) is 25.5. The Hall–Kier alpha value is -2.10. The minimum atomic E-state index is -4.80. The SMILES string of the molecule is CCCCC[C@H](O)/C=C/[C@H]1C(=O)C=C[C@@H]1C/C=C\CCCC(=O)O[C@H](COC(=O)CCCCCCCCCCCC(C)C)COP(=O)(O)O. The number of esters is 2. The summed E-state index contributed by atoms with van der Waals surface area (Å²) in [7, 11) is -4.80. The zero-order chi connectivity index (χ0) is 36.3. The van der Waals surface area contributed by atoms with Crippen LogP contribution in [-0.4, -0.2) is 58.0 Å². The van der Waals surface area contributed by atoms with E-state index in [2.05, 4.69) is 25.3 Å². The molecule has 0 heterocycles. The molecule has 0 aliphatic heterocycles. The van der Waals surface area contributed by atoms with Crippen LogP contribution in [0.3, 0.4) is 0 Å². The van der Waals surface area contributed by atoms with E-state index in [1.54, 1.807) is 12.2 Å². The molecule has 0 spiro atoms. The van der Waals surface area contributed by atoms with E-state index in [-0.39, 0.29) is 37.1 Å². The normalized spacial score (nSPS) is 17.8. The number of ketones is 1. The third-order valence-electron chi connectivity index (χ3n) is 8.59. The average Bonchev–Trinajstić information content (AvgIpc) is 3.39. The molecule has 10 nitrogen and oxygen atoms in total. The smallest absolute Gasteiger partial charge is 0.462 e. The molecule has 0 bridgehead atoms. The quantitative estimate of drug-likeness (QED) is 0.0286. The Morgan fingerprint density at radius 3 is 2.14 bits per heavy atom. The molecule has 0 fully saturated rings. The average molecular weight is 713 g/mol. The van der Waals surface area contributed by atoms with Crippen molar-refractivity contribution < 1.29 is 47.8 Å². The van der Waals surface area contributed by atoms with Gasteiger partial charge in [0.05, 0.1) is 12.7 Å². The van der Waals surface area contributed by atoms with Crippen molar-refractivity contribution in [2.45, 2.75) is 155 Å². The summed E-state index contributed by atoms with van der Waals surface area (Å²) >= 11 is 0. The summed E-state index contributed by atoms with van der Waals surface area (Å²) in [5.74, 6) is -0.501. The fraction of sp³-hybridized carbons (Fsp3) is 0.763. The van der Waals surface area contributed by atoms with Crippen LogP contribution in [0.1, 0.15) is 143 Å². The highest BCUT2D eigenvalue weighted by Gasteiger charge is 2.27. The zero-order valence-electron chi connectivity index (χ0n) is 30.3. The number of carbonyl (C=O) groups is 3. The molecule has 0 saturated heterocycles. The Morgan fingerprint density at radius 2 is 1.49 bits per heavy atom. The van der Waals surface area contributed by atoms with Crippen LogP contribution >= 0.6 is 7.82 Å². The summed E-state index contributed by atoms with van der Waals surface area (Å²) in [4.78, 5) is 55.1. The highest BCUT2D eigenvalue weighted by atomic mass is 31.2. The first-order chi connectivity index (χ1) is 23.4. The summed E-state index contributed by atoms with van der Waals surface area (Å²) < 4.78 is 26.3. The Morgan fingerprint density at radius 1 is 0.857 bits per heavy atom. The van der Waals surface area contributed by atoms with Gasteiger partial charge in [0.1, 0.15) is 6.61 Å². The summed E-state index contributed by atoms with van der Waals surface area (Å²) in [6, 6.07) is 0. The van der Waals surface area contributed by atoms with E-state index in [0.29, 0.717) is 32.1 Å². The second-order valence-corrected chi connectivity index (χ2v) is 14.9. The first-order valence-electron chi connectivity index (χ1n) is 18.7. The highest BCUT2D eigenvalue weighted by molar-refractivity contribution is 7.46. The van der Waals surface area contributed by atoms with Gasteiger partial charge in [-0.05, 0) is 50.0 Å². The van der Waals surface area contributed by atoms with Gasteiger partial charge in [-0.3, -0.25) is 18.9 Å². The van der Waals surface area contributed by atoms with Crippen LogP contribution in [0.4, 0.5) is 0 Å². The molecule has 0 amide bonds. The number of unbranched alkanes of at least 4 members (excludes halogenated alkanes) is 11. The van der Waals surface area contributed by atoms with Crippen molar-refractivity contribution in [2.24, 2.45) is 17.8 Å². The number of phosphoric ester groups is 1. The summed E-state index contributed by atoms with van der Waals surface area (Å²) in [6.45, 7) is 5.68. The van der Waals surface area contributed by atoms with Crippen LogP contribution in [0, 0.1) is 17.8 Å². The lowest BCUT2D eigenvalue weighted by Crippen LogP contribution is -2.29. The van der Waals surface area contributed by atoms with Gasteiger partial charge < -0.3 is 24.4 Å². The molecular weight excluding hydrogens is 647 g/mol. The van der Waals surface area contributed by atoms with Crippen LogP contribution < -0.4 is 0 Å². The maximum Gasteiger partial charge on any atom is 0.469 e. The predicted molar refractivity (Wildman–Crippen MR) is 192 cm³/mol. The number of phosphoric acid groups is 1. The van der Waals surface area contributed by atoms with E-state index in [0.717, 1.165) is 44.4 Å². The van der Waals surface area contributed by atoms with Crippen molar-refractivity contribution in [3.8, 4) is 0 Å². The van der Waals surface area contributed by atoms with E-state index in [9.17, 15) is 24.1 Å². The monoisotopic (exact) mass is 712 g/mol. The molecule has 0 aromatic heterocycles. The number of aliphatic hydroxyl groups excluding tert-OH is 1. The number of carbonyl (C=O) groups excluding carboxylic acids is 3. The lowest BCUT2D eigenvalue weighted by atomic mass is 9.90. The molecule has 0 radical (unpaired) electrons. The van der Waals surface area contributed by atoms with Crippen LogP contribution in [-0.2, 0) is 32.9 Å². The molecule has 4 atom stereocenters. The van der Waals surface area contributed by atoms with Crippen molar-refractivity contribution in [3.05, 3.63) is 36.5 Å². The lowest BCUT2D eigenvalue weighted by molar-refractivity contribution is -0.161. The maximum absolute atomic E-state index is 12.4. The Bertz CT molecular complexity index is 1050. The largest absolute Gasteiger partial charge is 0.469 e. The van der Waals surface area contributed by atoms with E-state index in [4.69, 9.17) is 19.3 Å². The van der Waals surface area contributed by atoms with Gasteiger partial charge in [-0.2, -0.15) is 0 Å². The van der Waals surface area contributed by atoms with Crippen molar-refractivity contribution in [1.82, 2.24) is 0 Å². The summed E-state index contributed by atoms with van der Waals surface area (Å²) in [5, 5.41) is 10.2. The highest BCUT2D eigenvalue weighted by Crippen LogP contribution is 2.36. The van der Waals surface area contributed by atoms with E-state index in [1.165, 1.54) is 38.5 Å². The van der Waals surface area contributed by atoms with Crippen LogP contribution in [0.15, 0.2) is 36.5 Å². The molecule has 0 aromatic rings. The minimum Gasteiger partial charge on any atom is -0.462 e. The van der Waals surface area contributed by atoms with Gasteiger partial charge in [0.15, 0.2) is 11.9 Å².